The number of hydrogen-bond acceptors (Lipinski definition) is 9. The molecule has 1 saturated carbocycles. The number of hydrogen-bond donors (Lipinski definition) is 5. The third-order valence-corrected chi connectivity index (χ3v) is 10.5. The van der Waals surface area contributed by atoms with Gasteiger partial charge in [0.15, 0.2) is 0 Å². The molecule has 1 aromatic carbocycles. The van der Waals surface area contributed by atoms with Crippen LogP contribution >= 0.6 is 0 Å². The van der Waals surface area contributed by atoms with Crippen molar-refractivity contribution in [1.29, 1.82) is 0 Å². The second kappa shape index (κ2) is 17.0. The van der Waals surface area contributed by atoms with Gasteiger partial charge < -0.3 is 31.3 Å². The van der Waals surface area contributed by atoms with E-state index in [1.165, 1.54) is 23.5 Å². The van der Waals surface area contributed by atoms with E-state index in [0.717, 1.165) is 5.56 Å². The van der Waals surface area contributed by atoms with Crippen LogP contribution in [0.25, 0.3) is 0 Å². The highest BCUT2D eigenvalue weighted by Gasteiger charge is 2.58. The average molecular weight is 734 g/mol. The standard InChI is InChI=1S/C39H55N7O7/c1-9-13-27(31(47)36(51)42-23(4)24-14-11-10-12-15-24)43-35(50)30-25-16-17-39(8,53)26(25)21-46(30)37(52)32(38(5,6)7)45-34(49)29(22(2)3)44-33(48)28-20-40-18-19-41-28/h10-12,14-15,18-20,22-23,25-27,29-30,32,53H,9,13,16-17,21H2,1-8H3,(H,42,51)(H,43,50)(H,44,48)(H,45,49)/t23-,25-,26-,27?,29+,30?,32+,39+/m0/s1. The van der Waals surface area contributed by atoms with Gasteiger partial charge >= 0.3 is 0 Å². The number of benzene rings is 1. The van der Waals surface area contributed by atoms with E-state index in [1.807, 2.05) is 37.3 Å². The lowest BCUT2D eigenvalue weighted by atomic mass is 9.84. The molecular weight excluding hydrogens is 678 g/mol. The van der Waals surface area contributed by atoms with Crippen LogP contribution in [0.4, 0.5) is 0 Å². The maximum absolute atomic E-state index is 14.6. The van der Waals surface area contributed by atoms with Crippen LogP contribution in [-0.2, 0) is 24.0 Å². The van der Waals surface area contributed by atoms with Gasteiger partial charge in [0, 0.05) is 24.9 Å². The molecule has 2 heterocycles. The summed E-state index contributed by atoms with van der Waals surface area (Å²) in [5.41, 5.74) is -1.16. The first-order valence-corrected chi connectivity index (χ1v) is 18.5. The number of likely N-dealkylation sites (tertiary alicyclic amines) is 1. The van der Waals surface area contributed by atoms with Crippen molar-refractivity contribution in [2.75, 3.05) is 6.54 Å². The minimum atomic E-state index is -1.15. The first-order valence-electron chi connectivity index (χ1n) is 18.5. The molecule has 14 heteroatoms. The molecular formula is C39H55N7O7. The fourth-order valence-corrected chi connectivity index (χ4v) is 7.41. The van der Waals surface area contributed by atoms with Crippen molar-refractivity contribution in [2.45, 2.75) is 117 Å². The normalized spacial score (nSPS) is 23.3. The Morgan fingerprint density at radius 1 is 0.981 bits per heavy atom. The molecule has 14 nitrogen and oxygen atoms in total. The molecule has 2 fully saturated rings. The Bertz CT molecular complexity index is 1640. The molecule has 5 amide bonds. The van der Waals surface area contributed by atoms with Crippen LogP contribution in [-0.4, -0.2) is 91.6 Å². The van der Waals surface area contributed by atoms with Crippen LogP contribution in [0, 0.1) is 23.2 Å². The molecule has 53 heavy (non-hydrogen) atoms. The van der Waals surface area contributed by atoms with Gasteiger partial charge in [0.1, 0.15) is 23.8 Å². The molecule has 8 atom stereocenters. The summed E-state index contributed by atoms with van der Waals surface area (Å²) in [5.74, 6) is -5.20. The van der Waals surface area contributed by atoms with Crippen molar-refractivity contribution in [3.05, 3.63) is 60.2 Å². The monoisotopic (exact) mass is 733 g/mol. The number of aromatic nitrogens is 2. The summed E-state index contributed by atoms with van der Waals surface area (Å²) in [6, 6.07) is 4.37. The van der Waals surface area contributed by atoms with Gasteiger partial charge in [-0.05, 0) is 55.9 Å². The van der Waals surface area contributed by atoms with Gasteiger partial charge in [0.25, 0.3) is 11.8 Å². The van der Waals surface area contributed by atoms with E-state index in [4.69, 9.17) is 0 Å². The number of aliphatic hydroxyl groups is 1. The van der Waals surface area contributed by atoms with Crippen molar-refractivity contribution in [2.24, 2.45) is 23.2 Å². The highest BCUT2D eigenvalue weighted by Crippen LogP contribution is 2.48. The van der Waals surface area contributed by atoms with E-state index >= 15 is 0 Å². The number of carbonyl (C=O) groups excluding carboxylic acids is 6. The molecule has 0 bridgehead atoms. The molecule has 0 spiro atoms. The highest BCUT2D eigenvalue weighted by molar-refractivity contribution is 6.38. The number of amides is 5. The molecule has 1 saturated heterocycles. The van der Waals surface area contributed by atoms with E-state index in [0.29, 0.717) is 19.3 Å². The number of nitrogens with one attached hydrogen (secondary N) is 4. The van der Waals surface area contributed by atoms with Gasteiger partial charge in [-0.25, -0.2) is 4.98 Å². The van der Waals surface area contributed by atoms with Gasteiger partial charge in [0.05, 0.1) is 23.9 Å². The van der Waals surface area contributed by atoms with Crippen LogP contribution in [0.3, 0.4) is 0 Å². The fourth-order valence-electron chi connectivity index (χ4n) is 7.41. The lowest BCUT2D eigenvalue weighted by molar-refractivity contribution is -0.146. The Balaban J connectivity index is 1.57. The zero-order valence-electron chi connectivity index (χ0n) is 32.0. The quantitative estimate of drug-likeness (QED) is 0.181. The Hall–Kier alpha value is -4.72. The van der Waals surface area contributed by atoms with Gasteiger partial charge in [-0.3, -0.25) is 33.8 Å². The third kappa shape index (κ3) is 9.64. The summed E-state index contributed by atoms with van der Waals surface area (Å²) in [4.78, 5) is 91.7. The second-order valence-electron chi connectivity index (χ2n) is 16.0. The van der Waals surface area contributed by atoms with Crippen molar-refractivity contribution in [3.63, 3.8) is 0 Å². The number of Topliss-reactive ketones (excluding diaryl/α,β-unsaturated/α-hetero) is 1. The largest absolute Gasteiger partial charge is 0.390 e. The number of carbonyl (C=O) groups is 6. The van der Waals surface area contributed by atoms with Gasteiger partial charge in [-0.15, -0.1) is 0 Å². The Labute approximate surface area is 311 Å². The zero-order chi connectivity index (χ0) is 39.2. The van der Waals surface area contributed by atoms with Crippen molar-refractivity contribution in [3.8, 4) is 0 Å². The molecule has 288 valence electrons. The van der Waals surface area contributed by atoms with Crippen molar-refractivity contribution >= 4 is 35.3 Å². The van der Waals surface area contributed by atoms with E-state index in [1.54, 1.807) is 48.5 Å². The van der Waals surface area contributed by atoms with Crippen LogP contribution < -0.4 is 21.3 Å². The lowest BCUT2D eigenvalue weighted by Gasteiger charge is -2.37. The molecule has 1 aliphatic heterocycles. The highest BCUT2D eigenvalue weighted by atomic mass is 16.3. The first kappa shape index (κ1) is 41.0. The second-order valence-corrected chi connectivity index (χ2v) is 16.0. The molecule has 1 aromatic heterocycles. The Morgan fingerprint density at radius 2 is 1.66 bits per heavy atom. The van der Waals surface area contributed by atoms with Crippen LogP contribution in [0.1, 0.15) is 103 Å². The minimum absolute atomic E-state index is 0.0296. The van der Waals surface area contributed by atoms with Gasteiger partial charge in [-0.2, -0.15) is 0 Å². The lowest BCUT2D eigenvalue weighted by Crippen LogP contribution is -2.62. The molecule has 1 aliphatic carbocycles. The number of rotatable bonds is 14. The average Bonchev–Trinajstić information content (AvgIpc) is 3.65. The molecule has 0 radical (unpaired) electrons. The summed E-state index contributed by atoms with van der Waals surface area (Å²) in [6.45, 7) is 14.2. The van der Waals surface area contributed by atoms with E-state index in [9.17, 15) is 33.9 Å². The van der Waals surface area contributed by atoms with Crippen LogP contribution in [0.5, 0.6) is 0 Å². The molecule has 2 unspecified atom stereocenters. The number of fused-ring (bicyclic) bond motifs is 1. The van der Waals surface area contributed by atoms with E-state index in [-0.39, 0.29) is 24.6 Å². The summed E-state index contributed by atoms with van der Waals surface area (Å²) >= 11 is 0. The smallest absolute Gasteiger partial charge is 0.290 e. The van der Waals surface area contributed by atoms with Crippen LogP contribution in [0.15, 0.2) is 48.9 Å². The topological polar surface area (TPSA) is 200 Å². The number of ketones is 1. The van der Waals surface area contributed by atoms with E-state index in [2.05, 4.69) is 31.2 Å². The fraction of sp³-hybridized carbons (Fsp3) is 0.590. The predicted octanol–water partition coefficient (Wildman–Crippen LogP) is 2.48. The molecule has 5 N–H and O–H groups in total. The Morgan fingerprint density at radius 3 is 2.25 bits per heavy atom. The summed E-state index contributed by atoms with van der Waals surface area (Å²) in [7, 11) is 0. The number of nitrogens with zero attached hydrogens (tertiary/aromatic N) is 3. The van der Waals surface area contributed by atoms with Crippen molar-refractivity contribution in [1.82, 2.24) is 36.1 Å². The molecule has 2 aliphatic rings. The zero-order valence-corrected chi connectivity index (χ0v) is 32.0. The SMILES string of the molecule is CCCC(NC(=O)C1[C@H]2CC[C@@](C)(O)[C@H]2CN1C(=O)[C@@H](NC(=O)[C@H](NC(=O)c1cnccn1)C(C)C)C(C)(C)C)C(=O)C(=O)N[C@@H](C)c1ccccc1. The van der Waals surface area contributed by atoms with Crippen LogP contribution in [0.2, 0.25) is 0 Å². The maximum atomic E-state index is 14.6. The van der Waals surface area contributed by atoms with Gasteiger partial charge in [-0.1, -0.05) is 78.3 Å². The summed E-state index contributed by atoms with van der Waals surface area (Å²) in [6.07, 6.45) is 5.64. The first-order chi connectivity index (χ1) is 24.9. The van der Waals surface area contributed by atoms with E-state index < -0.39 is 88.4 Å². The van der Waals surface area contributed by atoms with Crippen molar-refractivity contribution < 1.29 is 33.9 Å². The minimum Gasteiger partial charge on any atom is -0.390 e. The predicted molar refractivity (Wildman–Crippen MR) is 197 cm³/mol. The summed E-state index contributed by atoms with van der Waals surface area (Å²) in [5, 5.41) is 22.4. The molecule has 2 aromatic rings. The Kier molecular flexibility index (Phi) is 13.1. The van der Waals surface area contributed by atoms with Gasteiger partial charge in [0.2, 0.25) is 23.5 Å². The third-order valence-electron chi connectivity index (χ3n) is 10.5. The maximum Gasteiger partial charge on any atom is 0.290 e. The molecule has 4 rings (SSSR count). The summed E-state index contributed by atoms with van der Waals surface area (Å²) < 4.78 is 0.